The van der Waals surface area contributed by atoms with E-state index in [1.54, 1.807) is 6.20 Å². The summed E-state index contributed by atoms with van der Waals surface area (Å²) in [5.74, 6) is -0.353. The topological polar surface area (TPSA) is 79.6 Å². The molecule has 1 aromatic rings. The van der Waals surface area contributed by atoms with E-state index in [0.717, 1.165) is 31.7 Å². The molecule has 1 heterocycles. The van der Waals surface area contributed by atoms with Gasteiger partial charge in [0.25, 0.3) is 5.91 Å². The Bertz CT molecular complexity index is 572. The number of aliphatic hydroxyl groups excluding tert-OH is 1. The largest absolute Gasteiger partial charge is 0.395 e. The van der Waals surface area contributed by atoms with Crippen LogP contribution in [0.1, 0.15) is 5.56 Å². The molecule has 0 saturated carbocycles. The maximum absolute atomic E-state index is 12.1. The van der Waals surface area contributed by atoms with E-state index in [1.807, 2.05) is 41.3 Å². The molecule has 0 spiro atoms. The summed E-state index contributed by atoms with van der Waals surface area (Å²) in [5, 5.41) is 20.9. The second-order valence-electron chi connectivity index (χ2n) is 5.42. The molecule has 6 nitrogen and oxygen atoms in total. The van der Waals surface area contributed by atoms with E-state index >= 15 is 0 Å². The summed E-state index contributed by atoms with van der Waals surface area (Å²) in [6, 6.07) is 11.6. The molecule has 0 aromatic heterocycles. The average Bonchev–Trinajstić information content (AvgIpc) is 2.60. The number of amides is 1. The molecule has 6 heteroatoms. The minimum atomic E-state index is -0.353. The smallest absolute Gasteiger partial charge is 0.263 e. The van der Waals surface area contributed by atoms with Gasteiger partial charge in [-0.25, -0.2) is 0 Å². The Morgan fingerprint density at radius 3 is 2.57 bits per heavy atom. The number of nitrogens with zero attached hydrogens (tertiary/aromatic N) is 3. The number of carbonyl (C=O) groups excluding carboxylic acids is 1. The monoisotopic (exact) mass is 314 g/mol. The molecular weight excluding hydrogens is 292 g/mol. The van der Waals surface area contributed by atoms with E-state index in [4.69, 9.17) is 5.11 Å². The van der Waals surface area contributed by atoms with Crippen molar-refractivity contribution in [2.45, 2.75) is 6.54 Å². The Balaban J connectivity index is 1.86. The van der Waals surface area contributed by atoms with Crippen molar-refractivity contribution in [3.63, 3.8) is 0 Å². The zero-order chi connectivity index (χ0) is 16.5. The maximum atomic E-state index is 12.1. The molecule has 0 atom stereocenters. The maximum Gasteiger partial charge on any atom is 0.263 e. The highest BCUT2D eigenvalue weighted by Crippen LogP contribution is 2.05. The second-order valence-corrected chi connectivity index (χ2v) is 5.42. The van der Waals surface area contributed by atoms with E-state index in [-0.39, 0.29) is 18.1 Å². The van der Waals surface area contributed by atoms with Crippen LogP contribution in [-0.4, -0.2) is 60.1 Å². The van der Waals surface area contributed by atoms with Crippen LogP contribution in [0.15, 0.2) is 42.1 Å². The number of hydrogen-bond donors (Lipinski definition) is 2. The lowest BCUT2D eigenvalue weighted by atomic mass is 10.2. The van der Waals surface area contributed by atoms with Crippen molar-refractivity contribution in [3.05, 3.63) is 47.7 Å². The molecular formula is C17H22N4O2. The molecule has 1 fully saturated rings. The van der Waals surface area contributed by atoms with Gasteiger partial charge in [0, 0.05) is 45.5 Å². The normalized spacial score (nSPS) is 16.0. The molecule has 2 rings (SSSR count). The third-order valence-electron chi connectivity index (χ3n) is 3.80. The molecule has 1 aliphatic rings. The molecule has 1 saturated heterocycles. The van der Waals surface area contributed by atoms with Crippen molar-refractivity contribution in [3.8, 4) is 6.07 Å². The number of carbonyl (C=O) groups is 1. The standard InChI is InChI=1S/C17H22N4O2/c18-12-16(14-21-8-6-20(7-9-21)10-11-22)17(23)19-13-15-4-2-1-3-5-15/h1-5,14,22H,6-11,13H2,(H,19,23)/b16-14-. The molecule has 1 aliphatic heterocycles. The van der Waals surface area contributed by atoms with E-state index < -0.39 is 0 Å². The molecule has 2 N–H and O–H groups in total. The van der Waals surface area contributed by atoms with Crippen LogP contribution in [0.25, 0.3) is 0 Å². The first-order valence-electron chi connectivity index (χ1n) is 7.74. The fourth-order valence-corrected chi connectivity index (χ4v) is 2.45. The van der Waals surface area contributed by atoms with Gasteiger partial charge in [0.2, 0.25) is 0 Å². The van der Waals surface area contributed by atoms with Crippen LogP contribution in [0, 0.1) is 11.3 Å². The predicted molar refractivity (Wildman–Crippen MR) is 87.1 cm³/mol. The average molecular weight is 314 g/mol. The summed E-state index contributed by atoms with van der Waals surface area (Å²) < 4.78 is 0. The van der Waals surface area contributed by atoms with Gasteiger partial charge in [-0.05, 0) is 5.56 Å². The summed E-state index contributed by atoms with van der Waals surface area (Å²) in [5.41, 5.74) is 1.12. The summed E-state index contributed by atoms with van der Waals surface area (Å²) in [7, 11) is 0. The van der Waals surface area contributed by atoms with Gasteiger partial charge in [-0.3, -0.25) is 9.69 Å². The Hall–Kier alpha value is -2.36. The number of nitrogens with one attached hydrogen (secondary N) is 1. The number of benzene rings is 1. The summed E-state index contributed by atoms with van der Waals surface area (Å²) in [6.45, 7) is 4.36. The number of nitriles is 1. The van der Waals surface area contributed by atoms with E-state index in [0.29, 0.717) is 13.1 Å². The van der Waals surface area contributed by atoms with Crippen molar-refractivity contribution in [2.75, 3.05) is 39.3 Å². The minimum Gasteiger partial charge on any atom is -0.395 e. The SMILES string of the molecule is N#C/C(=C/N1CCN(CCO)CC1)C(=O)NCc1ccccc1. The third kappa shape index (κ3) is 5.40. The first-order chi connectivity index (χ1) is 11.2. The fourth-order valence-electron chi connectivity index (χ4n) is 2.45. The number of aliphatic hydroxyl groups is 1. The van der Waals surface area contributed by atoms with Gasteiger partial charge in [0.1, 0.15) is 11.6 Å². The number of piperazine rings is 1. The van der Waals surface area contributed by atoms with Crippen LogP contribution < -0.4 is 5.32 Å². The number of β-amino-alcohol motifs (C(OH)–C–C–N with tert-alkyl or cyclic N) is 1. The molecule has 1 aromatic carbocycles. The molecule has 0 bridgehead atoms. The van der Waals surface area contributed by atoms with Crippen LogP contribution in [0.4, 0.5) is 0 Å². The molecule has 0 unspecified atom stereocenters. The second kappa shape index (κ2) is 8.93. The number of hydrogen-bond acceptors (Lipinski definition) is 5. The van der Waals surface area contributed by atoms with Gasteiger partial charge in [-0.1, -0.05) is 30.3 Å². The van der Waals surface area contributed by atoms with Crippen LogP contribution in [0.5, 0.6) is 0 Å². The van der Waals surface area contributed by atoms with Gasteiger partial charge in [-0.15, -0.1) is 0 Å². The Morgan fingerprint density at radius 1 is 1.26 bits per heavy atom. The molecule has 0 radical (unpaired) electrons. The van der Waals surface area contributed by atoms with Gasteiger partial charge < -0.3 is 15.3 Å². The highest BCUT2D eigenvalue weighted by atomic mass is 16.3. The van der Waals surface area contributed by atoms with Gasteiger partial charge in [0.15, 0.2) is 0 Å². The molecule has 0 aliphatic carbocycles. The van der Waals surface area contributed by atoms with Crippen LogP contribution in [-0.2, 0) is 11.3 Å². The summed E-state index contributed by atoms with van der Waals surface area (Å²) >= 11 is 0. The van der Waals surface area contributed by atoms with Crippen LogP contribution >= 0.6 is 0 Å². The predicted octanol–water partition coefficient (Wildman–Crippen LogP) is 0.320. The van der Waals surface area contributed by atoms with Gasteiger partial charge in [0.05, 0.1) is 6.61 Å². The Labute approximate surface area is 136 Å². The minimum absolute atomic E-state index is 0.122. The molecule has 122 valence electrons. The van der Waals surface area contributed by atoms with Gasteiger partial charge >= 0.3 is 0 Å². The lowest BCUT2D eigenvalue weighted by Gasteiger charge is -2.33. The van der Waals surface area contributed by atoms with Crippen LogP contribution in [0.2, 0.25) is 0 Å². The van der Waals surface area contributed by atoms with E-state index in [1.165, 1.54) is 0 Å². The fraction of sp³-hybridized carbons (Fsp3) is 0.412. The molecule has 1 amide bonds. The first kappa shape index (κ1) is 17.0. The van der Waals surface area contributed by atoms with Crippen molar-refractivity contribution >= 4 is 5.91 Å². The van der Waals surface area contributed by atoms with Crippen molar-refractivity contribution < 1.29 is 9.90 Å². The zero-order valence-corrected chi connectivity index (χ0v) is 13.1. The lowest BCUT2D eigenvalue weighted by molar-refractivity contribution is -0.117. The van der Waals surface area contributed by atoms with E-state index in [9.17, 15) is 10.1 Å². The highest BCUT2D eigenvalue weighted by molar-refractivity contribution is 5.97. The zero-order valence-electron chi connectivity index (χ0n) is 13.1. The van der Waals surface area contributed by atoms with Crippen molar-refractivity contribution in [2.24, 2.45) is 0 Å². The summed E-state index contributed by atoms with van der Waals surface area (Å²) in [6.07, 6.45) is 1.64. The van der Waals surface area contributed by atoms with Gasteiger partial charge in [-0.2, -0.15) is 5.26 Å². The van der Waals surface area contributed by atoms with Crippen molar-refractivity contribution in [1.29, 1.82) is 5.26 Å². The Kier molecular flexibility index (Phi) is 6.60. The van der Waals surface area contributed by atoms with E-state index in [2.05, 4.69) is 10.2 Å². The first-order valence-corrected chi connectivity index (χ1v) is 7.74. The summed E-state index contributed by atoms with van der Waals surface area (Å²) in [4.78, 5) is 16.3. The highest BCUT2D eigenvalue weighted by Gasteiger charge is 2.16. The quantitative estimate of drug-likeness (QED) is 0.584. The molecule has 23 heavy (non-hydrogen) atoms. The third-order valence-corrected chi connectivity index (χ3v) is 3.80. The lowest BCUT2D eigenvalue weighted by Crippen LogP contribution is -2.45. The van der Waals surface area contributed by atoms with Crippen LogP contribution in [0.3, 0.4) is 0 Å². The Morgan fingerprint density at radius 2 is 1.96 bits per heavy atom. The van der Waals surface area contributed by atoms with Crippen molar-refractivity contribution in [1.82, 2.24) is 15.1 Å². The number of rotatable bonds is 6.